The van der Waals surface area contributed by atoms with E-state index in [1.807, 2.05) is 37.3 Å². The van der Waals surface area contributed by atoms with Crippen LogP contribution in [0.1, 0.15) is 31.0 Å². The van der Waals surface area contributed by atoms with Crippen LogP contribution in [-0.4, -0.2) is 18.3 Å². The van der Waals surface area contributed by atoms with Crippen LogP contribution in [0.4, 0.5) is 4.39 Å². The standard InChI is InChI=1S/C19H21FN2O2/c1-14(15-3-9-18(10-4-15)24-12-11-21)22-13-19(2,23)16-5-7-17(20)8-6-16/h3-10,14,22-23H,12-13H2,1-2H3. The number of rotatable bonds is 7. The number of benzene rings is 2. The maximum Gasteiger partial charge on any atom is 0.174 e. The molecule has 2 atom stereocenters. The topological polar surface area (TPSA) is 65.3 Å². The van der Waals surface area contributed by atoms with Gasteiger partial charge in [-0.25, -0.2) is 4.39 Å². The quantitative estimate of drug-likeness (QED) is 0.818. The minimum Gasteiger partial charge on any atom is -0.479 e. The third-order valence-electron chi connectivity index (χ3n) is 3.90. The van der Waals surface area contributed by atoms with Gasteiger partial charge in [0.05, 0.1) is 5.60 Å². The smallest absolute Gasteiger partial charge is 0.174 e. The van der Waals surface area contributed by atoms with Crippen molar-refractivity contribution in [3.8, 4) is 11.8 Å². The van der Waals surface area contributed by atoms with Crippen LogP contribution in [0.5, 0.6) is 5.75 Å². The summed E-state index contributed by atoms with van der Waals surface area (Å²) in [4.78, 5) is 0. The lowest BCUT2D eigenvalue weighted by Crippen LogP contribution is -2.36. The summed E-state index contributed by atoms with van der Waals surface area (Å²) in [6.45, 7) is 4.03. The number of ether oxygens (including phenoxy) is 1. The summed E-state index contributed by atoms with van der Waals surface area (Å²) in [5, 5.41) is 22.4. The molecule has 2 N–H and O–H groups in total. The van der Waals surface area contributed by atoms with Gasteiger partial charge in [0.25, 0.3) is 0 Å². The van der Waals surface area contributed by atoms with Crippen LogP contribution in [0.25, 0.3) is 0 Å². The molecule has 0 aliphatic carbocycles. The van der Waals surface area contributed by atoms with Crippen LogP contribution in [-0.2, 0) is 5.60 Å². The van der Waals surface area contributed by atoms with Crippen LogP contribution in [0, 0.1) is 17.1 Å². The number of nitrogens with one attached hydrogen (secondary N) is 1. The molecule has 2 aromatic rings. The predicted molar refractivity (Wildman–Crippen MR) is 89.9 cm³/mol. The maximum atomic E-state index is 13.0. The molecule has 2 rings (SSSR count). The summed E-state index contributed by atoms with van der Waals surface area (Å²) >= 11 is 0. The third kappa shape index (κ3) is 4.79. The first-order valence-corrected chi connectivity index (χ1v) is 7.74. The molecule has 0 saturated heterocycles. The van der Waals surface area contributed by atoms with Gasteiger partial charge >= 0.3 is 0 Å². The summed E-state index contributed by atoms with van der Waals surface area (Å²) in [5.41, 5.74) is 0.593. The Morgan fingerprint density at radius 1 is 1.21 bits per heavy atom. The fourth-order valence-corrected chi connectivity index (χ4v) is 2.35. The molecule has 0 aromatic heterocycles. The molecule has 0 fully saturated rings. The monoisotopic (exact) mass is 328 g/mol. The lowest BCUT2D eigenvalue weighted by molar-refractivity contribution is 0.0543. The molecule has 0 heterocycles. The Hall–Kier alpha value is -2.42. The summed E-state index contributed by atoms with van der Waals surface area (Å²) in [6.07, 6.45) is 0. The van der Waals surface area contributed by atoms with E-state index in [2.05, 4.69) is 5.32 Å². The van der Waals surface area contributed by atoms with Gasteiger partial charge in [-0.1, -0.05) is 24.3 Å². The molecule has 0 spiro atoms. The fraction of sp³-hybridized carbons (Fsp3) is 0.316. The first-order valence-electron chi connectivity index (χ1n) is 7.74. The van der Waals surface area contributed by atoms with Crippen molar-refractivity contribution in [3.63, 3.8) is 0 Å². The van der Waals surface area contributed by atoms with Gasteiger partial charge < -0.3 is 15.2 Å². The minimum atomic E-state index is -1.10. The van der Waals surface area contributed by atoms with Gasteiger partial charge in [-0.05, 0) is 49.2 Å². The minimum absolute atomic E-state index is 0.0157. The summed E-state index contributed by atoms with van der Waals surface area (Å²) in [6, 6.07) is 15.2. The molecule has 0 aliphatic heterocycles. The molecule has 126 valence electrons. The van der Waals surface area contributed by atoms with E-state index in [-0.39, 0.29) is 18.5 Å². The summed E-state index contributed by atoms with van der Waals surface area (Å²) in [7, 11) is 0. The number of nitrogens with zero attached hydrogens (tertiary/aromatic N) is 1. The first-order chi connectivity index (χ1) is 11.4. The van der Waals surface area contributed by atoms with Gasteiger partial charge in [0.15, 0.2) is 6.61 Å². The van der Waals surface area contributed by atoms with Crippen molar-refractivity contribution in [3.05, 3.63) is 65.5 Å². The van der Waals surface area contributed by atoms with Gasteiger partial charge in [-0.2, -0.15) is 5.26 Å². The van der Waals surface area contributed by atoms with Crippen molar-refractivity contribution in [1.29, 1.82) is 5.26 Å². The zero-order chi connectivity index (χ0) is 17.6. The largest absolute Gasteiger partial charge is 0.479 e. The maximum absolute atomic E-state index is 13.0. The number of hydrogen-bond donors (Lipinski definition) is 2. The van der Waals surface area contributed by atoms with Crippen molar-refractivity contribution in [2.45, 2.75) is 25.5 Å². The van der Waals surface area contributed by atoms with Gasteiger partial charge in [-0.3, -0.25) is 0 Å². The molecule has 0 bridgehead atoms. The van der Waals surface area contributed by atoms with Crippen molar-refractivity contribution < 1.29 is 14.2 Å². The number of nitriles is 1. The molecular formula is C19H21FN2O2. The second-order valence-electron chi connectivity index (χ2n) is 5.90. The third-order valence-corrected chi connectivity index (χ3v) is 3.90. The number of aliphatic hydroxyl groups is 1. The Balaban J connectivity index is 1.95. The molecule has 4 nitrogen and oxygen atoms in total. The first kappa shape index (κ1) is 17.9. The van der Waals surface area contributed by atoms with Crippen LogP contribution >= 0.6 is 0 Å². The van der Waals surface area contributed by atoms with Crippen LogP contribution in [0.2, 0.25) is 0 Å². The molecule has 2 aromatic carbocycles. The molecule has 5 heteroatoms. The summed E-state index contributed by atoms with van der Waals surface area (Å²) in [5.74, 6) is 0.320. The highest BCUT2D eigenvalue weighted by atomic mass is 19.1. The number of halogens is 1. The van der Waals surface area contributed by atoms with Crippen molar-refractivity contribution in [2.24, 2.45) is 0 Å². The Bertz CT molecular complexity index is 691. The second-order valence-corrected chi connectivity index (χ2v) is 5.90. The van der Waals surface area contributed by atoms with Crippen LogP contribution in [0.3, 0.4) is 0 Å². The fourth-order valence-electron chi connectivity index (χ4n) is 2.35. The van der Waals surface area contributed by atoms with E-state index in [1.54, 1.807) is 19.1 Å². The highest BCUT2D eigenvalue weighted by Gasteiger charge is 2.23. The predicted octanol–water partition coefficient (Wildman–Crippen LogP) is 3.29. The normalized spacial score (nSPS) is 14.5. The lowest BCUT2D eigenvalue weighted by Gasteiger charge is -2.26. The highest BCUT2D eigenvalue weighted by molar-refractivity contribution is 5.29. The van der Waals surface area contributed by atoms with Gasteiger partial charge in [-0.15, -0.1) is 0 Å². The molecule has 24 heavy (non-hydrogen) atoms. The Labute approximate surface area is 141 Å². The van der Waals surface area contributed by atoms with E-state index in [9.17, 15) is 9.50 Å². The summed E-state index contributed by atoms with van der Waals surface area (Å²) < 4.78 is 18.2. The Morgan fingerprint density at radius 2 is 1.83 bits per heavy atom. The SMILES string of the molecule is CC(NCC(C)(O)c1ccc(F)cc1)c1ccc(OCC#N)cc1. The molecule has 2 unspecified atom stereocenters. The van der Waals surface area contributed by atoms with E-state index >= 15 is 0 Å². The second kappa shape index (κ2) is 7.91. The van der Waals surface area contributed by atoms with Crippen molar-refractivity contribution >= 4 is 0 Å². The van der Waals surface area contributed by atoms with Gasteiger partial charge in [0, 0.05) is 12.6 Å². The Morgan fingerprint density at radius 3 is 2.42 bits per heavy atom. The van der Waals surface area contributed by atoms with Crippen LogP contribution < -0.4 is 10.1 Å². The van der Waals surface area contributed by atoms with E-state index < -0.39 is 5.60 Å². The molecular weight excluding hydrogens is 307 g/mol. The average molecular weight is 328 g/mol. The molecule has 0 radical (unpaired) electrons. The average Bonchev–Trinajstić information content (AvgIpc) is 2.59. The van der Waals surface area contributed by atoms with Crippen molar-refractivity contribution in [2.75, 3.05) is 13.2 Å². The van der Waals surface area contributed by atoms with Crippen molar-refractivity contribution in [1.82, 2.24) is 5.32 Å². The lowest BCUT2D eigenvalue weighted by atomic mass is 9.95. The Kier molecular flexibility index (Phi) is 5.91. The number of hydrogen-bond acceptors (Lipinski definition) is 4. The highest BCUT2D eigenvalue weighted by Crippen LogP contribution is 2.22. The zero-order valence-corrected chi connectivity index (χ0v) is 13.8. The van der Waals surface area contributed by atoms with Crippen LogP contribution in [0.15, 0.2) is 48.5 Å². The van der Waals surface area contributed by atoms with E-state index in [0.29, 0.717) is 17.9 Å². The molecule has 0 amide bonds. The van der Waals surface area contributed by atoms with Gasteiger partial charge in [0.2, 0.25) is 0 Å². The van der Waals surface area contributed by atoms with E-state index in [4.69, 9.17) is 10.00 Å². The molecule has 0 saturated carbocycles. The van der Waals surface area contributed by atoms with Gasteiger partial charge in [0.1, 0.15) is 17.6 Å². The molecule has 0 aliphatic rings. The zero-order valence-electron chi connectivity index (χ0n) is 13.8. The van der Waals surface area contributed by atoms with E-state index in [1.165, 1.54) is 12.1 Å². The van der Waals surface area contributed by atoms with E-state index in [0.717, 1.165) is 5.56 Å².